The number of imidazole rings is 1. The van der Waals surface area contributed by atoms with Gasteiger partial charge in [0.25, 0.3) is 5.91 Å². The van der Waals surface area contributed by atoms with E-state index in [2.05, 4.69) is 35.8 Å². The zero-order chi connectivity index (χ0) is 21.3. The second kappa shape index (κ2) is 8.58. The van der Waals surface area contributed by atoms with Gasteiger partial charge in [-0.3, -0.25) is 9.20 Å². The Balaban J connectivity index is 1.61. The van der Waals surface area contributed by atoms with Crippen LogP contribution in [0.5, 0.6) is 0 Å². The first-order chi connectivity index (χ1) is 14.3. The van der Waals surface area contributed by atoms with Crippen LogP contribution < -0.4 is 16.4 Å². The predicted octanol–water partition coefficient (Wildman–Crippen LogP) is 4.59. The Morgan fingerprint density at radius 2 is 1.80 bits per heavy atom. The van der Waals surface area contributed by atoms with Crippen molar-refractivity contribution in [1.82, 2.24) is 14.7 Å². The summed E-state index contributed by atoms with van der Waals surface area (Å²) in [5.41, 5.74) is 8.62. The molecule has 0 radical (unpaired) electrons. The van der Waals surface area contributed by atoms with Crippen molar-refractivity contribution in [3.63, 3.8) is 0 Å². The summed E-state index contributed by atoms with van der Waals surface area (Å²) in [6.45, 7) is 6.53. The average Bonchev–Trinajstić information content (AvgIpc) is 3.06. The summed E-state index contributed by atoms with van der Waals surface area (Å²) in [7, 11) is 0. The highest BCUT2D eigenvalue weighted by Crippen LogP contribution is 2.37. The molecule has 0 spiro atoms. The van der Waals surface area contributed by atoms with E-state index in [9.17, 15) is 4.79 Å². The molecule has 6 heteroatoms. The van der Waals surface area contributed by atoms with Crippen LogP contribution in [0.25, 0.3) is 5.65 Å². The topological polar surface area (TPSA) is 84.5 Å². The van der Waals surface area contributed by atoms with Gasteiger partial charge in [-0.25, -0.2) is 4.98 Å². The van der Waals surface area contributed by atoms with Crippen molar-refractivity contribution >= 4 is 17.4 Å². The summed E-state index contributed by atoms with van der Waals surface area (Å²) in [6, 6.07) is 4.36. The number of nitrogens with two attached hydrogens (primary N) is 1. The van der Waals surface area contributed by atoms with Gasteiger partial charge in [0.2, 0.25) is 0 Å². The van der Waals surface area contributed by atoms with Crippen molar-refractivity contribution in [2.45, 2.75) is 102 Å². The summed E-state index contributed by atoms with van der Waals surface area (Å²) in [5, 5.41) is 6.87. The van der Waals surface area contributed by atoms with Gasteiger partial charge in [0.1, 0.15) is 11.5 Å². The first kappa shape index (κ1) is 21.2. The molecule has 2 aromatic heterocycles. The van der Waals surface area contributed by atoms with E-state index in [1.807, 2.05) is 18.3 Å². The van der Waals surface area contributed by atoms with E-state index in [4.69, 9.17) is 10.7 Å². The molecule has 0 saturated heterocycles. The smallest absolute Gasteiger partial charge is 0.251 e. The van der Waals surface area contributed by atoms with Crippen LogP contribution in [-0.2, 0) is 0 Å². The largest absolute Gasteiger partial charge is 0.365 e. The van der Waals surface area contributed by atoms with Crippen LogP contribution in [0.4, 0.5) is 5.82 Å². The molecule has 2 saturated carbocycles. The molecule has 2 fully saturated rings. The lowest BCUT2D eigenvalue weighted by Gasteiger charge is -2.27. The Kier molecular flexibility index (Phi) is 6.05. The molecule has 164 valence electrons. The van der Waals surface area contributed by atoms with Crippen molar-refractivity contribution in [2.24, 2.45) is 5.73 Å². The van der Waals surface area contributed by atoms with Gasteiger partial charge < -0.3 is 16.4 Å². The Morgan fingerprint density at radius 3 is 2.47 bits per heavy atom. The Hall–Kier alpha value is -2.08. The van der Waals surface area contributed by atoms with E-state index < -0.39 is 0 Å². The summed E-state index contributed by atoms with van der Waals surface area (Å²) < 4.78 is 2.12. The Morgan fingerprint density at radius 1 is 1.10 bits per heavy atom. The van der Waals surface area contributed by atoms with Gasteiger partial charge in [-0.05, 0) is 71.4 Å². The van der Waals surface area contributed by atoms with Gasteiger partial charge >= 0.3 is 0 Å². The van der Waals surface area contributed by atoms with Gasteiger partial charge in [0.05, 0.1) is 5.69 Å². The van der Waals surface area contributed by atoms with Crippen LogP contribution in [-0.4, -0.2) is 32.9 Å². The molecule has 2 aromatic rings. The van der Waals surface area contributed by atoms with Crippen LogP contribution in [0.2, 0.25) is 0 Å². The number of hydrogen-bond donors (Lipinski definition) is 3. The summed E-state index contributed by atoms with van der Waals surface area (Å²) >= 11 is 0. The lowest BCUT2D eigenvalue weighted by atomic mass is 9.87. The standard InChI is InChI=1S/C24H37N5O/c1-24(2,3)28-22-21(16-7-5-4-6-8-16)27-20-15-17(13-14-29(20)22)23(30)26-19-11-9-18(25)10-12-19/h13-16,18-19,28H,4-12,25H2,1-3H3,(H,26,30). The highest BCUT2D eigenvalue weighted by molar-refractivity contribution is 5.95. The van der Waals surface area contributed by atoms with Crippen molar-refractivity contribution in [3.8, 4) is 0 Å². The Bertz CT molecular complexity index is 883. The van der Waals surface area contributed by atoms with Gasteiger partial charge in [0, 0.05) is 35.3 Å². The van der Waals surface area contributed by atoms with E-state index in [0.29, 0.717) is 11.5 Å². The first-order valence-electron chi connectivity index (χ1n) is 11.7. The number of anilines is 1. The van der Waals surface area contributed by atoms with Crippen molar-refractivity contribution in [3.05, 3.63) is 29.6 Å². The maximum atomic E-state index is 12.9. The number of carbonyl (C=O) groups excluding carboxylic acids is 1. The molecule has 4 rings (SSSR count). The monoisotopic (exact) mass is 411 g/mol. The molecule has 6 nitrogen and oxygen atoms in total. The lowest BCUT2D eigenvalue weighted by Crippen LogP contribution is -2.40. The quantitative estimate of drug-likeness (QED) is 0.687. The van der Waals surface area contributed by atoms with Gasteiger partial charge in [-0.15, -0.1) is 0 Å². The molecule has 0 atom stereocenters. The normalized spacial score (nSPS) is 23.5. The molecule has 0 unspecified atom stereocenters. The van der Waals surface area contributed by atoms with Crippen molar-refractivity contribution in [2.75, 3.05) is 5.32 Å². The van der Waals surface area contributed by atoms with E-state index in [-0.39, 0.29) is 23.5 Å². The third kappa shape index (κ3) is 4.80. The number of rotatable bonds is 4. The third-order valence-electron chi connectivity index (χ3n) is 6.51. The van der Waals surface area contributed by atoms with Crippen LogP contribution in [0.3, 0.4) is 0 Å². The average molecular weight is 412 g/mol. The predicted molar refractivity (Wildman–Crippen MR) is 122 cm³/mol. The molecule has 0 bridgehead atoms. The third-order valence-corrected chi connectivity index (χ3v) is 6.51. The summed E-state index contributed by atoms with van der Waals surface area (Å²) in [4.78, 5) is 17.9. The highest BCUT2D eigenvalue weighted by Gasteiger charge is 2.26. The van der Waals surface area contributed by atoms with Crippen LogP contribution >= 0.6 is 0 Å². The van der Waals surface area contributed by atoms with E-state index in [0.717, 1.165) is 42.8 Å². The van der Waals surface area contributed by atoms with Gasteiger partial charge in [-0.2, -0.15) is 0 Å². The number of fused-ring (bicyclic) bond motifs is 1. The molecule has 2 heterocycles. The minimum Gasteiger partial charge on any atom is -0.365 e. The lowest BCUT2D eigenvalue weighted by molar-refractivity contribution is 0.0926. The van der Waals surface area contributed by atoms with Crippen LogP contribution in [0.15, 0.2) is 18.3 Å². The number of carbonyl (C=O) groups is 1. The second-order valence-electron chi connectivity index (χ2n) is 10.3. The number of amides is 1. The minimum absolute atomic E-state index is 0.00878. The maximum absolute atomic E-state index is 12.9. The number of hydrogen-bond acceptors (Lipinski definition) is 4. The molecule has 1 amide bonds. The van der Waals surface area contributed by atoms with E-state index in [1.165, 1.54) is 32.1 Å². The zero-order valence-electron chi connectivity index (χ0n) is 18.7. The number of pyridine rings is 1. The van der Waals surface area contributed by atoms with E-state index >= 15 is 0 Å². The number of nitrogens with one attached hydrogen (secondary N) is 2. The van der Waals surface area contributed by atoms with Crippen LogP contribution in [0, 0.1) is 0 Å². The summed E-state index contributed by atoms with van der Waals surface area (Å²) in [6.07, 6.45) is 12.1. The van der Waals surface area contributed by atoms with Crippen LogP contribution in [0.1, 0.15) is 101 Å². The zero-order valence-corrected chi connectivity index (χ0v) is 18.7. The molecule has 2 aliphatic carbocycles. The first-order valence-corrected chi connectivity index (χ1v) is 11.7. The summed E-state index contributed by atoms with van der Waals surface area (Å²) in [5.74, 6) is 1.57. The molecule has 0 aromatic carbocycles. The molecule has 4 N–H and O–H groups in total. The number of nitrogens with zero attached hydrogens (tertiary/aromatic N) is 2. The highest BCUT2D eigenvalue weighted by atomic mass is 16.1. The van der Waals surface area contributed by atoms with Gasteiger partial charge in [0.15, 0.2) is 0 Å². The van der Waals surface area contributed by atoms with Gasteiger partial charge in [-0.1, -0.05) is 19.3 Å². The molecule has 0 aliphatic heterocycles. The SMILES string of the molecule is CC(C)(C)Nc1c(C2CCCCC2)nc2cc(C(=O)NC3CCC(N)CC3)ccn12. The van der Waals surface area contributed by atoms with E-state index in [1.54, 1.807) is 0 Å². The minimum atomic E-state index is -0.0583. The maximum Gasteiger partial charge on any atom is 0.251 e. The fraction of sp³-hybridized carbons (Fsp3) is 0.667. The molecule has 30 heavy (non-hydrogen) atoms. The molecular formula is C24H37N5O. The Labute approximate surface area is 180 Å². The molecular weight excluding hydrogens is 374 g/mol. The second-order valence-corrected chi connectivity index (χ2v) is 10.3. The fourth-order valence-electron chi connectivity index (χ4n) is 4.88. The molecule has 2 aliphatic rings. The van der Waals surface area contributed by atoms with Crippen molar-refractivity contribution in [1.29, 1.82) is 0 Å². The fourth-order valence-corrected chi connectivity index (χ4v) is 4.88. The van der Waals surface area contributed by atoms with Crippen molar-refractivity contribution < 1.29 is 4.79 Å². The number of aromatic nitrogens is 2.